The summed E-state index contributed by atoms with van der Waals surface area (Å²) in [4.78, 5) is 21.2. The second-order valence-corrected chi connectivity index (χ2v) is 11.2. The summed E-state index contributed by atoms with van der Waals surface area (Å²) < 4.78 is 3.95. The molecule has 2 aromatic heterocycles. The molecular weight excluding hydrogens is 472 g/mol. The smallest absolute Gasteiger partial charge is 0.275 e. The normalized spacial score (nSPS) is 12.5. The number of carbonyl (C=O) groups is 1. The number of hydrogen-bond donors (Lipinski definition) is 1. The SMILES string of the molecule is Cc1cccc(Cn2cc(-c3ccccc3)nc2[C@H](N(CCCN)C(=O)c2cc(C)n(C)n2)C(C)(C)C)c1. The number of imidazole rings is 1. The van der Waals surface area contributed by atoms with E-state index in [-0.39, 0.29) is 17.4 Å². The van der Waals surface area contributed by atoms with Crippen LogP contribution in [-0.2, 0) is 13.6 Å². The molecule has 0 saturated carbocycles. The van der Waals surface area contributed by atoms with Gasteiger partial charge in [-0.1, -0.05) is 80.9 Å². The Morgan fingerprint density at radius 1 is 1.05 bits per heavy atom. The maximum Gasteiger partial charge on any atom is 0.275 e. The van der Waals surface area contributed by atoms with Crippen molar-refractivity contribution >= 4 is 5.91 Å². The number of amides is 1. The summed E-state index contributed by atoms with van der Waals surface area (Å²) in [5, 5.41) is 4.52. The Kier molecular flexibility index (Phi) is 8.17. The molecule has 4 rings (SSSR count). The van der Waals surface area contributed by atoms with Crippen LogP contribution in [0.1, 0.15) is 66.4 Å². The van der Waals surface area contributed by atoms with Gasteiger partial charge in [-0.15, -0.1) is 0 Å². The van der Waals surface area contributed by atoms with Gasteiger partial charge in [0.1, 0.15) is 5.82 Å². The standard InChI is InChI=1S/C31H40N6O/c1-22-12-10-13-24(18-22)20-36-21-27(25-14-8-7-9-15-25)33-29(36)28(31(3,4)5)37(17-11-16-32)30(38)26-19-23(2)35(6)34-26/h7-10,12-15,18-19,21,28H,11,16-17,20,32H2,1-6H3/t28-/m0/s1. The van der Waals surface area contributed by atoms with Crippen molar-refractivity contribution in [3.8, 4) is 11.3 Å². The highest BCUT2D eigenvalue weighted by molar-refractivity contribution is 5.92. The van der Waals surface area contributed by atoms with Gasteiger partial charge in [-0.05, 0) is 43.9 Å². The third kappa shape index (κ3) is 6.05. The average Bonchev–Trinajstić information content (AvgIpc) is 3.43. The lowest BCUT2D eigenvalue weighted by Gasteiger charge is -2.39. The van der Waals surface area contributed by atoms with Crippen LogP contribution in [0.3, 0.4) is 0 Å². The van der Waals surface area contributed by atoms with E-state index in [1.807, 2.05) is 43.1 Å². The number of aromatic nitrogens is 4. The third-order valence-electron chi connectivity index (χ3n) is 6.89. The molecule has 38 heavy (non-hydrogen) atoms. The zero-order valence-corrected chi connectivity index (χ0v) is 23.5. The van der Waals surface area contributed by atoms with E-state index in [9.17, 15) is 4.79 Å². The molecule has 1 amide bonds. The van der Waals surface area contributed by atoms with E-state index in [0.29, 0.717) is 31.7 Å². The van der Waals surface area contributed by atoms with Gasteiger partial charge in [-0.3, -0.25) is 9.48 Å². The van der Waals surface area contributed by atoms with Gasteiger partial charge in [0.15, 0.2) is 5.69 Å². The van der Waals surface area contributed by atoms with Crippen LogP contribution in [0.15, 0.2) is 66.9 Å². The lowest BCUT2D eigenvalue weighted by Crippen LogP contribution is -2.43. The molecular formula is C31H40N6O. The summed E-state index contributed by atoms with van der Waals surface area (Å²) in [6.07, 6.45) is 2.80. The quantitative estimate of drug-likeness (QED) is 0.320. The molecule has 4 aromatic rings. The summed E-state index contributed by atoms with van der Waals surface area (Å²) >= 11 is 0. The van der Waals surface area contributed by atoms with Crippen molar-refractivity contribution in [1.29, 1.82) is 0 Å². The zero-order chi connectivity index (χ0) is 27.4. The molecule has 0 aliphatic carbocycles. The van der Waals surface area contributed by atoms with E-state index < -0.39 is 0 Å². The van der Waals surface area contributed by atoms with Crippen molar-refractivity contribution < 1.29 is 4.79 Å². The van der Waals surface area contributed by atoms with Gasteiger partial charge in [0.05, 0.1) is 11.7 Å². The maximum absolute atomic E-state index is 14.0. The molecule has 2 aromatic carbocycles. The predicted octanol–water partition coefficient (Wildman–Crippen LogP) is 5.53. The first kappa shape index (κ1) is 27.3. The summed E-state index contributed by atoms with van der Waals surface area (Å²) in [6.45, 7) is 12.2. The largest absolute Gasteiger partial charge is 0.330 e. The second kappa shape index (κ2) is 11.4. The van der Waals surface area contributed by atoms with Gasteiger partial charge < -0.3 is 15.2 Å². The Bertz CT molecular complexity index is 1360. The molecule has 7 heteroatoms. The number of nitrogens with zero attached hydrogens (tertiary/aromatic N) is 5. The molecule has 0 aliphatic rings. The van der Waals surface area contributed by atoms with Crippen molar-refractivity contribution in [3.05, 3.63) is 95.2 Å². The molecule has 2 N–H and O–H groups in total. The minimum Gasteiger partial charge on any atom is -0.330 e. The highest BCUT2D eigenvalue weighted by Crippen LogP contribution is 2.39. The van der Waals surface area contributed by atoms with Crippen LogP contribution in [0.4, 0.5) is 0 Å². The molecule has 0 saturated heterocycles. The van der Waals surface area contributed by atoms with Crippen LogP contribution < -0.4 is 5.73 Å². The molecule has 7 nitrogen and oxygen atoms in total. The fourth-order valence-electron chi connectivity index (χ4n) is 4.95. The maximum atomic E-state index is 14.0. The number of hydrogen-bond acceptors (Lipinski definition) is 4. The summed E-state index contributed by atoms with van der Waals surface area (Å²) in [7, 11) is 1.86. The Morgan fingerprint density at radius 2 is 1.79 bits per heavy atom. The van der Waals surface area contributed by atoms with Gasteiger partial charge in [0, 0.05) is 37.6 Å². The van der Waals surface area contributed by atoms with E-state index in [1.165, 1.54) is 11.1 Å². The lowest BCUT2D eigenvalue weighted by atomic mass is 9.84. The van der Waals surface area contributed by atoms with Crippen LogP contribution >= 0.6 is 0 Å². The van der Waals surface area contributed by atoms with E-state index in [4.69, 9.17) is 10.7 Å². The second-order valence-electron chi connectivity index (χ2n) is 11.2. The molecule has 0 fully saturated rings. The van der Waals surface area contributed by atoms with Gasteiger partial charge >= 0.3 is 0 Å². The van der Waals surface area contributed by atoms with Crippen LogP contribution in [0.5, 0.6) is 0 Å². The van der Waals surface area contributed by atoms with E-state index >= 15 is 0 Å². The van der Waals surface area contributed by atoms with E-state index in [1.54, 1.807) is 4.68 Å². The molecule has 0 bridgehead atoms. The average molecular weight is 513 g/mol. The monoisotopic (exact) mass is 512 g/mol. The minimum absolute atomic E-state index is 0.103. The Balaban J connectivity index is 1.87. The topological polar surface area (TPSA) is 82.0 Å². The Hall–Kier alpha value is -3.71. The molecule has 2 heterocycles. The first-order valence-electron chi connectivity index (χ1n) is 13.3. The molecule has 0 radical (unpaired) electrons. The van der Waals surface area contributed by atoms with Crippen molar-refractivity contribution in [2.45, 2.75) is 53.6 Å². The molecule has 0 unspecified atom stereocenters. The van der Waals surface area contributed by atoms with E-state index in [0.717, 1.165) is 22.8 Å². The van der Waals surface area contributed by atoms with Gasteiger partial charge in [-0.25, -0.2) is 4.98 Å². The minimum atomic E-state index is -0.308. The van der Waals surface area contributed by atoms with Gasteiger partial charge in [0.25, 0.3) is 5.91 Å². The van der Waals surface area contributed by atoms with Crippen LogP contribution in [0.25, 0.3) is 11.3 Å². The van der Waals surface area contributed by atoms with Gasteiger partial charge in [0.2, 0.25) is 0 Å². The van der Waals surface area contributed by atoms with Crippen LogP contribution in [0.2, 0.25) is 0 Å². The fraction of sp³-hybridized carbons (Fsp3) is 0.387. The highest BCUT2D eigenvalue weighted by atomic mass is 16.2. The zero-order valence-electron chi connectivity index (χ0n) is 23.5. The van der Waals surface area contributed by atoms with Crippen molar-refractivity contribution in [1.82, 2.24) is 24.2 Å². The molecule has 200 valence electrons. The van der Waals surface area contributed by atoms with E-state index in [2.05, 4.69) is 80.0 Å². The highest BCUT2D eigenvalue weighted by Gasteiger charge is 2.39. The first-order valence-corrected chi connectivity index (χ1v) is 13.3. The summed E-state index contributed by atoms with van der Waals surface area (Å²) in [5.74, 6) is 0.754. The number of benzene rings is 2. The molecule has 0 aliphatic heterocycles. The number of carbonyl (C=O) groups excluding carboxylic acids is 1. The molecule has 1 atom stereocenters. The predicted molar refractivity (Wildman–Crippen MR) is 153 cm³/mol. The van der Waals surface area contributed by atoms with Crippen molar-refractivity contribution in [2.24, 2.45) is 18.2 Å². The number of aryl methyl sites for hydroxylation is 3. The lowest BCUT2D eigenvalue weighted by molar-refractivity contribution is 0.0476. The van der Waals surface area contributed by atoms with Crippen LogP contribution in [0, 0.1) is 19.3 Å². The third-order valence-corrected chi connectivity index (χ3v) is 6.89. The summed E-state index contributed by atoms with van der Waals surface area (Å²) in [6, 6.07) is 20.3. The van der Waals surface area contributed by atoms with Crippen molar-refractivity contribution in [2.75, 3.05) is 13.1 Å². The van der Waals surface area contributed by atoms with Crippen LogP contribution in [-0.4, -0.2) is 43.2 Å². The fourth-order valence-corrected chi connectivity index (χ4v) is 4.95. The number of nitrogens with two attached hydrogens (primary N) is 1. The number of rotatable bonds is 9. The van der Waals surface area contributed by atoms with Crippen molar-refractivity contribution in [3.63, 3.8) is 0 Å². The molecule has 0 spiro atoms. The first-order chi connectivity index (χ1) is 18.1. The Morgan fingerprint density at radius 3 is 2.39 bits per heavy atom. The summed E-state index contributed by atoms with van der Waals surface area (Å²) in [5.41, 5.74) is 11.4. The Labute approximate surface area is 226 Å². The van der Waals surface area contributed by atoms with Gasteiger partial charge in [-0.2, -0.15) is 5.10 Å².